The van der Waals surface area contributed by atoms with E-state index in [1.165, 1.54) is 21.4 Å². The van der Waals surface area contributed by atoms with Crippen molar-refractivity contribution in [2.75, 3.05) is 0 Å². The number of carbonyl (C=O) groups is 2. The third-order valence-corrected chi connectivity index (χ3v) is 5.35. The van der Waals surface area contributed by atoms with E-state index in [0.29, 0.717) is 16.3 Å². The number of non-ortho nitro benzene ring substituents is 1. The maximum Gasteiger partial charge on any atom is 0.419 e. The zero-order valence-corrected chi connectivity index (χ0v) is 18.5. The zero-order chi connectivity index (χ0) is 25.1. The fourth-order valence-corrected chi connectivity index (χ4v) is 3.64. The number of fused-ring (bicyclic) bond motifs is 2. The number of hydrogen-bond acceptors (Lipinski definition) is 8. The molecule has 0 unspecified atom stereocenters. The molecule has 35 heavy (non-hydrogen) atoms. The molecule has 2 amide bonds. The van der Waals surface area contributed by atoms with E-state index in [1.54, 1.807) is 31.2 Å². The fraction of sp³-hybridized carbons (Fsp3) is 0.227. The largest absolute Gasteiger partial charge is 0.419 e. The molecular formula is C22H20N6O7. The first-order valence-corrected chi connectivity index (χ1v) is 10.7. The molecule has 0 atom stereocenters. The molecule has 2 heterocycles. The van der Waals surface area contributed by atoms with Gasteiger partial charge in [-0.3, -0.25) is 39.9 Å². The average molecular weight is 480 g/mol. The van der Waals surface area contributed by atoms with Crippen LogP contribution in [0.4, 0.5) is 5.69 Å². The van der Waals surface area contributed by atoms with Gasteiger partial charge in [-0.25, -0.2) is 9.48 Å². The van der Waals surface area contributed by atoms with E-state index in [2.05, 4.69) is 16.0 Å². The molecule has 0 radical (unpaired) electrons. The van der Waals surface area contributed by atoms with Crippen molar-refractivity contribution in [3.8, 4) is 0 Å². The lowest BCUT2D eigenvalue weighted by atomic mass is 10.1. The average Bonchev–Trinajstić information content (AvgIpc) is 3.17. The number of hydrogen-bond donors (Lipinski definition) is 2. The Morgan fingerprint density at radius 2 is 1.86 bits per heavy atom. The summed E-state index contributed by atoms with van der Waals surface area (Å²) in [6.45, 7) is 2.12. The van der Waals surface area contributed by atoms with E-state index in [1.807, 2.05) is 0 Å². The van der Waals surface area contributed by atoms with Crippen molar-refractivity contribution in [2.24, 2.45) is 0 Å². The number of carbonyl (C=O) groups excluding carboxylic acids is 2. The number of nitrogens with one attached hydrogen (secondary N) is 2. The monoisotopic (exact) mass is 480 g/mol. The number of amides is 2. The highest BCUT2D eigenvalue weighted by Crippen LogP contribution is 2.20. The molecule has 0 aliphatic heterocycles. The summed E-state index contributed by atoms with van der Waals surface area (Å²) in [7, 11) is 0. The lowest BCUT2D eigenvalue weighted by Crippen LogP contribution is -2.42. The molecule has 13 nitrogen and oxygen atoms in total. The van der Waals surface area contributed by atoms with Crippen molar-refractivity contribution in [1.29, 1.82) is 0 Å². The number of nitrogens with zero attached hydrogens (tertiary/aromatic N) is 4. The number of rotatable bonds is 7. The van der Waals surface area contributed by atoms with Crippen LogP contribution in [-0.4, -0.2) is 31.1 Å². The molecule has 2 aromatic heterocycles. The van der Waals surface area contributed by atoms with Crippen LogP contribution in [0, 0.1) is 10.1 Å². The highest BCUT2D eigenvalue weighted by Gasteiger charge is 2.17. The lowest BCUT2D eigenvalue weighted by molar-refractivity contribution is -0.384. The van der Waals surface area contributed by atoms with Crippen LogP contribution in [0.5, 0.6) is 0 Å². The molecule has 2 N–H and O–H groups in total. The summed E-state index contributed by atoms with van der Waals surface area (Å²) < 4.78 is 7.49. The minimum absolute atomic E-state index is 0.00661. The molecule has 0 fully saturated rings. The summed E-state index contributed by atoms with van der Waals surface area (Å²) in [6, 6.07) is 10.4. The first-order chi connectivity index (χ1) is 16.8. The SMILES string of the molecule is CCn1nc(C(=O)NNC(=O)CCCn2c(=O)oc3cc([N+](=O)[O-])ccc32)c2ccccc2c1=O. The first-order valence-electron chi connectivity index (χ1n) is 10.7. The van der Waals surface area contributed by atoms with Crippen molar-refractivity contribution in [3.63, 3.8) is 0 Å². The van der Waals surface area contributed by atoms with Crippen molar-refractivity contribution in [1.82, 2.24) is 25.2 Å². The van der Waals surface area contributed by atoms with Gasteiger partial charge in [0.15, 0.2) is 11.3 Å². The summed E-state index contributed by atoms with van der Waals surface area (Å²) in [5.41, 5.74) is 4.52. The fourth-order valence-electron chi connectivity index (χ4n) is 3.64. The molecule has 0 saturated heterocycles. The van der Waals surface area contributed by atoms with Crippen LogP contribution in [-0.2, 0) is 17.9 Å². The Bertz CT molecular complexity index is 1580. The Kier molecular flexibility index (Phi) is 6.40. The molecule has 180 valence electrons. The summed E-state index contributed by atoms with van der Waals surface area (Å²) in [5.74, 6) is -1.89. The summed E-state index contributed by atoms with van der Waals surface area (Å²) >= 11 is 0. The Morgan fingerprint density at radius 3 is 2.57 bits per heavy atom. The van der Waals surface area contributed by atoms with Gasteiger partial charge in [0.25, 0.3) is 17.2 Å². The molecule has 13 heteroatoms. The molecule has 0 spiro atoms. The second-order valence-electron chi connectivity index (χ2n) is 7.55. The summed E-state index contributed by atoms with van der Waals surface area (Å²) in [5, 5.41) is 15.7. The number of aryl methyl sites for hydroxylation is 2. The Hall–Kier alpha value is -4.81. The van der Waals surface area contributed by atoms with E-state index in [4.69, 9.17) is 4.42 Å². The van der Waals surface area contributed by atoms with Gasteiger partial charge in [0.1, 0.15) is 0 Å². The van der Waals surface area contributed by atoms with E-state index in [-0.39, 0.29) is 48.5 Å². The number of benzene rings is 2. The summed E-state index contributed by atoms with van der Waals surface area (Å²) in [6.07, 6.45) is 0.199. The van der Waals surface area contributed by atoms with Crippen molar-refractivity contribution >= 4 is 39.4 Å². The standard InChI is InChI=1S/C22H20N6O7/c1-2-27-21(31)15-7-4-3-6-14(15)19(25-27)20(30)24-23-18(29)8-5-11-26-16-10-9-13(28(33)34)12-17(16)35-22(26)32/h3-4,6-7,9-10,12H,2,5,8,11H2,1H3,(H,23,29)(H,24,30). The van der Waals surface area contributed by atoms with Gasteiger partial charge in [0, 0.05) is 31.0 Å². The van der Waals surface area contributed by atoms with Crippen LogP contribution in [0.3, 0.4) is 0 Å². The van der Waals surface area contributed by atoms with Crippen LogP contribution in [0.15, 0.2) is 56.5 Å². The lowest BCUT2D eigenvalue weighted by Gasteiger charge is -2.11. The van der Waals surface area contributed by atoms with Gasteiger partial charge in [-0.1, -0.05) is 18.2 Å². The maximum atomic E-state index is 12.7. The third kappa shape index (κ3) is 4.64. The molecule has 0 aliphatic rings. The molecule has 0 saturated carbocycles. The Morgan fingerprint density at radius 1 is 1.11 bits per heavy atom. The van der Waals surface area contributed by atoms with Gasteiger partial charge in [-0.15, -0.1) is 0 Å². The van der Waals surface area contributed by atoms with Gasteiger partial charge in [0.05, 0.1) is 21.9 Å². The predicted octanol–water partition coefficient (Wildman–Crippen LogP) is 1.47. The second-order valence-corrected chi connectivity index (χ2v) is 7.55. The van der Waals surface area contributed by atoms with E-state index in [0.717, 1.165) is 6.07 Å². The second kappa shape index (κ2) is 9.59. The minimum Gasteiger partial charge on any atom is -0.407 e. The highest BCUT2D eigenvalue weighted by molar-refractivity contribution is 6.05. The Labute approximate surface area is 196 Å². The normalized spacial score (nSPS) is 11.0. The number of nitro benzene ring substituents is 1. The molecular weight excluding hydrogens is 460 g/mol. The van der Waals surface area contributed by atoms with Crippen LogP contribution >= 0.6 is 0 Å². The minimum atomic E-state index is -0.696. The molecule has 4 aromatic rings. The Balaban J connectivity index is 1.38. The van der Waals surface area contributed by atoms with E-state index < -0.39 is 22.5 Å². The van der Waals surface area contributed by atoms with Gasteiger partial charge in [0.2, 0.25) is 5.91 Å². The topological polar surface area (TPSA) is 171 Å². The first kappa shape index (κ1) is 23.4. The van der Waals surface area contributed by atoms with E-state index in [9.17, 15) is 29.3 Å². The number of oxazole rings is 1. The molecule has 4 rings (SSSR count). The van der Waals surface area contributed by atoms with Crippen LogP contribution in [0.1, 0.15) is 30.3 Å². The van der Waals surface area contributed by atoms with Gasteiger partial charge >= 0.3 is 5.76 Å². The van der Waals surface area contributed by atoms with Crippen LogP contribution in [0.25, 0.3) is 21.9 Å². The van der Waals surface area contributed by atoms with Crippen molar-refractivity contribution in [2.45, 2.75) is 32.9 Å². The molecule has 0 bridgehead atoms. The zero-order valence-electron chi connectivity index (χ0n) is 18.5. The smallest absolute Gasteiger partial charge is 0.407 e. The van der Waals surface area contributed by atoms with E-state index >= 15 is 0 Å². The van der Waals surface area contributed by atoms with Gasteiger partial charge < -0.3 is 4.42 Å². The van der Waals surface area contributed by atoms with Crippen LogP contribution in [0.2, 0.25) is 0 Å². The molecule has 0 aliphatic carbocycles. The summed E-state index contributed by atoms with van der Waals surface area (Å²) in [4.78, 5) is 59.7. The number of nitro groups is 1. The molecule has 2 aromatic carbocycles. The number of hydrazine groups is 1. The predicted molar refractivity (Wildman–Crippen MR) is 124 cm³/mol. The van der Waals surface area contributed by atoms with Gasteiger partial charge in [-0.05, 0) is 25.5 Å². The number of aromatic nitrogens is 3. The van der Waals surface area contributed by atoms with Crippen molar-refractivity contribution in [3.05, 3.63) is 79.2 Å². The van der Waals surface area contributed by atoms with Gasteiger partial charge in [-0.2, -0.15) is 5.10 Å². The quantitative estimate of drug-likeness (QED) is 0.296. The third-order valence-electron chi connectivity index (χ3n) is 5.35. The van der Waals surface area contributed by atoms with Crippen molar-refractivity contribution < 1.29 is 18.9 Å². The van der Waals surface area contributed by atoms with Crippen LogP contribution < -0.4 is 22.2 Å². The highest BCUT2D eigenvalue weighted by atomic mass is 16.6. The maximum absolute atomic E-state index is 12.7.